The minimum atomic E-state index is -0.344. The van der Waals surface area contributed by atoms with E-state index in [1.54, 1.807) is 0 Å². The second kappa shape index (κ2) is 6.39. The predicted octanol–water partition coefficient (Wildman–Crippen LogP) is 2.40. The summed E-state index contributed by atoms with van der Waals surface area (Å²) in [7, 11) is 1.92. The van der Waals surface area contributed by atoms with Crippen LogP contribution in [-0.4, -0.2) is 29.9 Å². The summed E-state index contributed by atoms with van der Waals surface area (Å²) in [5.74, 6) is 1.20. The minimum absolute atomic E-state index is 0.111. The van der Waals surface area contributed by atoms with E-state index in [1.807, 2.05) is 25.8 Å². The van der Waals surface area contributed by atoms with Gasteiger partial charge in [0.25, 0.3) is 0 Å². The predicted molar refractivity (Wildman–Crippen MR) is 71.6 cm³/mol. The average Bonchev–Trinajstić information content (AvgIpc) is 2.36. The summed E-state index contributed by atoms with van der Waals surface area (Å²) < 4.78 is 0. The van der Waals surface area contributed by atoms with E-state index in [0.717, 1.165) is 18.8 Å². The van der Waals surface area contributed by atoms with E-state index in [-0.39, 0.29) is 17.9 Å². The Balaban J connectivity index is 2.48. The van der Waals surface area contributed by atoms with Crippen LogP contribution in [0.15, 0.2) is 0 Å². The van der Waals surface area contributed by atoms with Gasteiger partial charge < -0.3 is 10.6 Å². The first-order valence-corrected chi connectivity index (χ1v) is 6.99. The fourth-order valence-electron chi connectivity index (χ4n) is 2.64. The number of nitrogens with zero attached hydrogens (tertiary/aromatic N) is 1. The Labute approximate surface area is 106 Å². The van der Waals surface area contributed by atoms with E-state index in [1.165, 1.54) is 19.3 Å². The van der Waals surface area contributed by atoms with Crippen molar-refractivity contribution in [2.24, 2.45) is 17.6 Å². The van der Waals surface area contributed by atoms with Crippen molar-refractivity contribution in [1.82, 2.24) is 4.90 Å². The van der Waals surface area contributed by atoms with Crippen molar-refractivity contribution in [3.63, 3.8) is 0 Å². The summed E-state index contributed by atoms with van der Waals surface area (Å²) in [6.07, 6.45) is 6.08. The molecular formula is C14H28N2O. The number of likely N-dealkylation sites (N-methyl/N-ethyl adjacent to an activating group) is 1. The van der Waals surface area contributed by atoms with Gasteiger partial charge in [0, 0.05) is 13.1 Å². The molecule has 0 unspecified atom stereocenters. The van der Waals surface area contributed by atoms with Gasteiger partial charge in [-0.3, -0.25) is 4.79 Å². The van der Waals surface area contributed by atoms with Crippen molar-refractivity contribution in [2.45, 2.75) is 65.0 Å². The van der Waals surface area contributed by atoms with Gasteiger partial charge in [-0.1, -0.05) is 27.2 Å². The Morgan fingerprint density at radius 1 is 1.29 bits per heavy atom. The fraction of sp³-hybridized carbons (Fsp3) is 0.929. The maximum Gasteiger partial charge on any atom is 0.239 e. The molecule has 17 heavy (non-hydrogen) atoms. The monoisotopic (exact) mass is 240 g/mol. The molecule has 1 fully saturated rings. The zero-order chi connectivity index (χ0) is 13.0. The lowest BCUT2D eigenvalue weighted by Crippen LogP contribution is -2.49. The smallest absolute Gasteiger partial charge is 0.239 e. The minimum Gasteiger partial charge on any atom is -0.341 e. The SMILES string of the molecule is CCC1CCC(N(C)C(=O)[C@H](N)C(C)C)CC1. The number of carbonyl (C=O) groups is 1. The lowest BCUT2D eigenvalue weighted by atomic mass is 9.84. The number of rotatable bonds is 4. The molecular weight excluding hydrogens is 212 g/mol. The van der Waals surface area contributed by atoms with Crippen LogP contribution in [-0.2, 0) is 4.79 Å². The van der Waals surface area contributed by atoms with E-state index >= 15 is 0 Å². The number of amides is 1. The van der Waals surface area contributed by atoms with Crippen LogP contribution in [0.3, 0.4) is 0 Å². The second-order valence-electron chi connectivity index (χ2n) is 5.80. The fourth-order valence-corrected chi connectivity index (χ4v) is 2.64. The molecule has 1 amide bonds. The van der Waals surface area contributed by atoms with Crippen LogP contribution >= 0.6 is 0 Å². The van der Waals surface area contributed by atoms with Gasteiger partial charge >= 0.3 is 0 Å². The maximum absolute atomic E-state index is 12.1. The molecule has 3 heteroatoms. The molecule has 0 heterocycles. The quantitative estimate of drug-likeness (QED) is 0.820. The highest BCUT2D eigenvalue weighted by Crippen LogP contribution is 2.29. The van der Waals surface area contributed by atoms with Gasteiger partial charge in [0.05, 0.1) is 6.04 Å². The summed E-state index contributed by atoms with van der Waals surface area (Å²) >= 11 is 0. The molecule has 0 bridgehead atoms. The summed E-state index contributed by atoms with van der Waals surface area (Å²) in [6, 6.07) is 0.0685. The Hall–Kier alpha value is -0.570. The van der Waals surface area contributed by atoms with Crippen molar-refractivity contribution >= 4 is 5.91 Å². The van der Waals surface area contributed by atoms with Crippen LogP contribution < -0.4 is 5.73 Å². The zero-order valence-electron chi connectivity index (χ0n) is 11.8. The normalized spacial score (nSPS) is 26.9. The molecule has 3 nitrogen and oxygen atoms in total. The summed E-state index contributed by atoms with van der Waals surface area (Å²) in [5.41, 5.74) is 5.93. The molecule has 0 aromatic rings. The first-order valence-electron chi connectivity index (χ1n) is 6.99. The van der Waals surface area contributed by atoms with Gasteiger partial charge in [0.1, 0.15) is 0 Å². The Bertz CT molecular complexity index is 245. The molecule has 1 atom stereocenters. The van der Waals surface area contributed by atoms with E-state index < -0.39 is 0 Å². The van der Waals surface area contributed by atoms with Crippen LogP contribution in [0.5, 0.6) is 0 Å². The number of hydrogen-bond donors (Lipinski definition) is 1. The largest absolute Gasteiger partial charge is 0.341 e. The third-order valence-corrected chi connectivity index (χ3v) is 4.29. The lowest BCUT2D eigenvalue weighted by Gasteiger charge is -2.36. The Morgan fingerprint density at radius 2 is 1.82 bits per heavy atom. The van der Waals surface area contributed by atoms with Crippen molar-refractivity contribution in [2.75, 3.05) is 7.05 Å². The van der Waals surface area contributed by atoms with Crippen molar-refractivity contribution in [3.05, 3.63) is 0 Å². The number of hydrogen-bond acceptors (Lipinski definition) is 2. The van der Waals surface area contributed by atoms with E-state index in [9.17, 15) is 4.79 Å². The van der Waals surface area contributed by atoms with E-state index in [2.05, 4.69) is 6.92 Å². The van der Waals surface area contributed by atoms with Crippen molar-refractivity contribution < 1.29 is 4.79 Å². The molecule has 1 aliphatic carbocycles. The van der Waals surface area contributed by atoms with Gasteiger partial charge in [0.2, 0.25) is 5.91 Å². The average molecular weight is 240 g/mol. The number of carbonyl (C=O) groups excluding carboxylic acids is 1. The van der Waals surface area contributed by atoms with Crippen LogP contribution in [0.1, 0.15) is 52.9 Å². The van der Waals surface area contributed by atoms with E-state index in [4.69, 9.17) is 5.73 Å². The van der Waals surface area contributed by atoms with Gasteiger partial charge in [-0.15, -0.1) is 0 Å². The Kier molecular flexibility index (Phi) is 5.44. The molecule has 100 valence electrons. The van der Waals surface area contributed by atoms with Gasteiger partial charge in [-0.05, 0) is 37.5 Å². The van der Waals surface area contributed by atoms with Gasteiger partial charge in [0.15, 0.2) is 0 Å². The summed E-state index contributed by atoms with van der Waals surface area (Å²) in [6.45, 7) is 6.27. The highest BCUT2D eigenvalue weighted by molar-refractivity contribution is 5.81. The molecule has 0 spiro atoms. The standard InChI is InChI=1S/C14H28N2O/c1-5-11-6-8-12(9-7-11)16(4)14(17)13(15)10(2)3/h10-13H,5-9,15H2,1-4H3/t11?,12?,13-/m1/s1. The summed E-state index contributed by atoms with van der Waals surface area (Å²) in [4.78, 5) is 14.0. The molecule has 0 aromatic carbocycles. The molecule has 0 aromatic heterocycles. The molecule has 0 saturated heterocycles. The zero-order valence-corrected chi connectivity index (χ0v) is 11.8. The van der Waals surface area contributed by atoms with Crippen molar-refractivity contribution in [1.29, 1.82) is 0 Å². The van der Waals surface area contributed by atoms with Crippen LogP contribution in [0.4, 0.5) is 0 Å². The second-order valence-corrected chi connectivity index (χ2v) is 5.80. The highest BCUT2D eigenvalue weighted by Gasteiger charge is 2.29. The number of nitrogens with two attached hydrogens (primary N) is 1. The summed E-state index contributed by atoms with van der Waals surface area (Å²) in [5, 5.41) is 0. The first-order chi connectivity index (χ1) is 7.97. The molecule has 1 saturated carbocycles. The van der Waals surface area contributed by atoms with Crippen LogP contribution in [0.25, 0.3) is 0 Å². The van der Waals surface area contributed by atoms with E-state index in [0.29, 0.717) is 6.04 Å². The maximum atomic E-state index is 12.1. The Morgan fingerprint density at radius 3 is 2.24 bits per heavy atom. The van der Waals surface area contributed by atoms with Crippen molar-refractivity contribution in [3.8, 4) is 0 Å². The molecule has 1 rings (SSSR count). The third kappa shape index (κ3) is 3.70. The topological polar surface area (TPSA) is 46.3 Å². The highest BCUT2D eigenvalue weighted by atomic mass is 16.2. The van der Waals surface area contributed by atoms with Gasteiger partial charge in [-0.25, -0.2) is 0 Å². The van der Waals surface area contributed by atoms with Crippen LogP contribution in [0, 0.1) is 11.8 Å². The molecule has 0 radical (unpaired) electrons. The molecule has 2 N–H and O–H groups in total. The third-order valence-electron chi connectivity index (χ3n) is 4.29. The van der Waals surface area contributed by atoms with Gasteiger partial charge in [-0.2, -0.15) is 0 Å². The molecule has 0 aliphatic heterocycles. The molecule has 1 aliphatic rings. The first kappa shape index (κ1) is 14.5. The van der Waals surface area contributed by atoms with Crippen LogP contribution in [0.2, 0.25) is 0 Å². The lowest BCUT2D eigenvalue weighted by molar-refractivity contribution is -0.135.